The molecule has 0 N–H and O–H groups in total. The maximum atomic E-state index is 11.9. The van der Waals surface area contributed by atoms with Crippen LogP contribution in [-0.4, -0.2) is 41.6 Å². The number of benzene rings is 1. The SMILES string of the molecule is COc1ccc(S(=O)(=O)O[C@@H]2CCS(=O)(=O)C2)cc1. The van der Waals surface area contributed by atoms with Crippen molar-refractivity contribution in [2.45, 2.75) is 17.4 Å². The van der Waals surface area contributed by atoms with E-state index >= 15 is 0 Å². The van der Waals surface area contributed by atoms with Crippen LogP contribution in [0.25, 0.3) is 0 Å². The molecule has 0 saturated carbocycles. The lowest BCUT2D eigenvalue weighted by Gasteiger charge is -2.10. The summed E-state index contributed by atoms with van der Waals surface area (Å²) >= 11 is 0. The minimum Gasteiger partial charge on any atom is -0.497 e. The predicted molar refractivity (Wildman–Crippen MR) is 68.3 cm³/mol. The average Bonchev–Trinajstić information content (AvgIpc) is 2.68. The topological polar surface area (TPSA) is 86.7 Å². The number of rotatable bonds is 4. The molecular formula is C11H14O6S2. The molecule has 1 saturated heterocycles. The van der Waals surface area contributed by atoms with Crippen LogP contribution in [0.5, 0.6) is 5.75 Å². The first kappa shape index (κ1) is 14.3. The predicted octanol–water partition coefficient (Wildman–Crippen LogP) is 0.588. The van der Waals surface area contributed by atoms with Gasteiger partial charge in [-0.25, -0.2) is 8.42 Å². The molecule has 0 amide bonds. The van der Waals surface area contributed by atoms with Crippen molar-refractivity contribution in [3.8, 4) is 5.75 Å². The molecule has 106 valence electrons. The quantitative estimate of drug-likeness (QED) is 0.757. The van der Waals surface area contributed by atoms with Crippen molar-refractivity contribution >= 4 is 20.0 Å². The van der Waals surface area contributed by atoms with Crippen LogP contribution < -0.4 is 4.74 Å². The standard InChI is InChI=1S/C11H14O6S2/c1-16-9-2-4-11(5-3-9)19(14,15)17-10-6-7-18(12,13)8-10/h2-5,10H,6-8H2,1H3/t10-/m1/s1. The van der Waals surface area contributed by atoms with Crippen LogP contribution >= 0.6 is 0 Å². The number of sulfone groups is 1. The minimum atomic E-state index is -3.94. The average molecular weight is 306 g/mol. The molecule has 8 heteroatoms. The van der Waals surface area contributed by atoms with Crippen molar-refractivity contribution in [2.24, 2.45) is 0 Å². The summed E-state index contributed by atoms with van der Waals surface area (Å²) in [4.78, 5) is -0.0161. The largest absolute Gasteiger partial charge is 0.497 e. The van der Waals surface area contributed by atoms with Gasteiger partial charge in [0.15, 0.2) is 9.84 Å². The van der Waals surface area contributed by atoms with Gasteiger partial charge in [-0.1, -0.05) is 0 Å². The molecule has 1 aromatic carbocycles. The molecule has 1 heterocycles. The highest BCUT2D eigenvalue weighted by Gasteiger charge is 2.32. The Labute approximate surface area is 112 Å². The lowest BCUT2D eigenvalue weighted by Crippen LogP contribution is -2.19. The zero-order chi connectivity index (χ0) is 14.1. The van der Waals surface area contributed by atoms with Crippen molar-refractivity contribution in [3.63, 3.8) is 0 Å². The zero-order valence-electron chi connectivity index (χ0n) is 10.3. The number of methoxy groups -OCH3 is 1. The Morgan fingerprint density at radius 2 is 1.84 bits per heavy atom. The molecule has 1 fully saturated rings. The summed E-state index contributed by atoms with van der Waals surface area (Å²) in [5.74, 6) is 0.250. The Hall–Kier alpha value is -1.12. The van der Waals surface area contributed by atoms with Gasteiger partial charge < -0.3 is 4.74 Å². The molecule has 0 radical (unpaired) electrons. The third-order valence-electron chi connectivity index (χ3n) is 2.80. The molecule has 1 atom stereocenters. The van der Waals surface area contributed by atoms with E-state index in [1.165, 1.54) is 31.4 Å². The van der Waals surface area contributed by atoms with Crippen LogP contribution in [0, 0.1) is 0 Å². The van der Waals surface area contributed by atoms with Crippen molar-refractivity contribution in [1.29, 1.82) is 0 Å². The van der Waals surface area contributed by atoms with Crippen molar-refractivity contribution in [3.05, 3.63) is 24.3 Å². The van der Waals surface area contributed by atoms with Crippen LogP contribution in [0.1, 0.15) is 6.42 Å². The summed E-state index contributed by atoms with van der Waals surface area (Å²) < 4.78 is 56.3. The summed E-state index contributed by atoms with van der Waals surface area (Å²) in [7, 11) is -5.63. The van der Waals surface area contributed by atoms with Gasteiger partial charge in [-0.3, -0.25) is 4.18 Å². The fraction of sp³-hybridized carbons (Fsp3) is 0.455. The van der Waals surface area contributed by atoms with Crippen LogP contribution in [0.4, 0.5) is 0 Å². The second kappa shape index (κ2) is 5.10. The van der Waals surface area contributed by atoms with Crippen LogP contribution in [-0.2, 0) is 24.1 Å². The van der Waals surface area contributed by atoms with Crippen LogP contribution in [0.2, 0.25) is 0 Å². The molecule has 1 aromatic rings. The first-order valence-corrected chi connectivity index (χ1v) is 8.83. The number of hydrogen-bond acceptors (Lipinski definition) is 6. The zero-order valence-corrected chi connectivity index (χ0v) is 11.9. The van der Waals surface area contributed by atoms with E-state index in [1.807, 2.05) is 0 Å². The van der Waals surface area contributed by atoms with E-state index in [9.17, 15) is 16.8 Å². The van der Waals surface area contributed by atoms with E-state index in [2.05, 4.69) is 0 Å². The lowest BCUT2D eigenvalue weighted by atomic mass is 10.3. The second-order valence-electron chi connectivity index (χ2n) is 4.25. The van der Waals surface area contributed by atoms with Crippen molar-refractivity contribution < 1.29 is 25.8 Å². The van der Waals surface area contributed by atoms with E-state index in [1.54, 1.807) is 0 Å². The number of ether oxygens (including phenoxy) is 1. The highest BCUT2D eigenvalue weighted by atomic mass is 32.2. The Kier molecular flexibility index (Phi) is 3.84. The second-order valence-corrected chi connectivity index (χ2v) is 8.05. The minimum absolute atomic E-state index is 0.0161. The molecular weight excluding hydrogens is 292 g/mol. The molecule has 1 aliphatic heterocycles. The molecule has 0 bridgehead atoms. The third kappa shape index (κ3) is 3.46. The van der Waals surface area contributed by atoms with Gasteiger partial charge in [0.2, 0.25) is 0 Å². The van der Waals surface area contributed by atoms with Crippen LogP contribution in [0.3, 0.4) is 0 Å². The van der Waals surface area contributed by atoms with Crippen LogP contribution in [0.15, 0.2) is 29.2 Å². The summed E-state index contributed by atoms with van der Waals surface area (Å²) in [5, 5.41) is 0. The molecule has 0 unspecified atom stereocenters. The molecule has 0 spiro atoms. The smallest absolute Gasteiger partial charge is 0.297 e. The first-order valence-electron chi connectivity index (χ1n) is 5.60. The van der Waals surface area contributed by atoms with E-state index in [0.29, 0.717) is 5.75 Å². The Bertz CT molecular complexity index is 645. The Balaban J connectivity index is 2.14. The van der Waals surface area contributed by atoms with E-state index in [0.717, 1.165) is 0 Å². The van der Waals surface area contributed by atoms with E-state index in [4.69, 9.17) is 8.92 Å². The summed E-state index contributed by atoms with van der Waals surface area (Å²) in [6.07, 6.45) is -0.588. The van der Waals surface area contributed by atoms with Gasteiger partial charge >= 0.3 is 0 Å². The van der Waals surface area contributed by atoms with Gasteiger partial charge in [0.1, 0.15) is 5.75 Å². The fourth-order valence-corrected chi connectivity index (χ4v) is 4.59. The first-order chi connectivity index (χ1) is 8.82. The summed E-state index contributed by atoms with van der Waals surface area (Å²) in [6.45, 7) is 0. The maximum absolute atomic E-state index is 11.9. The van der Waals surface area contributed by atoms with Gasteiger partial charge in [0.05, 0.1) is 29.6 Å². The van der Waals surface area contributed by atoms with Gasteiger partial charge in [0.25, 0.3) is 10.1 Å². The van der Waals surface area contributed by atoms with Gasteiger partial charge in [-0.05, 0) is 30.7 Å². The third-order valence-corrected chi connectivity index (χ3v) is 5.91. The highest BCUT2D eigenvalue weighted by Crippen LogP contribution is 2.22. The fourth-order valence-electron chi connectivity index (χ4n) is 1.81. The maximum Gasteiger partial charge on any atom is 0.297 e. The summed E-state index contributed by atoms with van der Waals surface area (Å²) in [6, 6.07) is 5.72. The van der Waals surface area contributed by atoms with Crippen molar-refractivity contribution in [1.82, 2.24) is 0 Å². The summed E-state index contributed by atoms with van der Waals surface area (Å²) in [5.41, 5.74) is 0. The molecule has 0 aromatic heterocycles. The van der Waals surface area contributed by atoms with E-state index in [-0.39, 0.29) is 22.8 Å². The Morgan fingerprint density at radius 1 is 1.21 bits per heavy atom. The number of hydrogen-bond donors (Lipinski definition) is 0. The van der Waals surface area contributed by atoms with Gasteiger partial charge in [-0.2, -0.15) is 8.42 Å². The van der Waals surface area contributed by atoms with Crippen molar-refractivity contribution in [2.75, 3.05) is 18.6 Å². The Morgan fingerprint density at radius 3 is 2.32 bits per heavy atom. The molecule has 19 heavy (non-hydrogen) atoms. The lowest BCUT2D eigenvalue weighted by molar-refractivity contribution is 0.236. The molecule has 2 rings (SSSR count). The monoisotopic (exact) mass is 306 g/mol. The normalized spacial score (nSPS) is 22.3. The highest BCUT2D eigenvalue weighted by molar-refractivity contribution is 7.91. The molecule has 1 aliphatic rings. The van der Waals surface area contributed by atoms with Gasteiger partial charge in [0, 0.05) is 0 Å². The van der Waals surface area contributed by atoms with E-state index < -0.39 is 26.1 Å². The van der Waals surface area contributed by atoms with Gasteiger partial charge in [-0.15, -0.1) is 0 Å². The molecule has 0 aliphatic carbocycles. The molecule has 6 nitrogen and oxygen atoms in total.